The van der Waals surface area contributed by atoms with Gasteiger partial charge in [-0.25, -0.2) is 0 Å². The second-order valence-corrected chi connectivity index (χ2v) is 2.94. The third-order valence-corrected chi connectivity index (χ3v) is 2.34. The summed E-state index contributed by atoms with van der Waals surface area (Å²) in [5.74, 6) is 0. The van der Waals surface area contributed by atoms with Crippen molar-refractivity contribution >= 4 is 0 Å². The molecule has 0 radical (unpaired) electrons. The fourth-order valence-electron chi connectivity index (χ4n) is 1.48. The van der Waals surface area contributed by atoms with Crippen LogP contribution in [-0.4, -0.2) is 0 Å². The Kier molecular flexibility index (Phi) is 2.32. The minimum atomic E-state index is 1.26. The largest absolute Gasteiger partial charge is 0.0744 e. The van der Waals surface area contributed by atoms with Crippen molar-refractivity contribution in [2.45, 2.75) is 46.0 Å². The fraction of sp³-hybridized carbons (Fsp3) is 0.778. The molecule has 0 atom stereocenters. The van der Waals surface area contributed by atoms with E-state index in [1.807, 2.05) is 0 Å². The van der Waals surface area contributed by atoms with Crippen molar-refractivity contribution in [1.29, 1.82) is 0 Å². The van der Waals surface area contributed by atoms with Gasteiger partial charge < -0.3 is 0 Å². The lowest BCUT2D eigenvalue weighted by molar-refractivity contribution is 0.886. The van der Waals surface area contributed by atoms with Crippen LogP contribution in [0.25, 0.3) is 0 Å². The number of allylic oxidation sites excluding steroid dienone is 2. The van der Waals surface area contributed by atoms with Crippen LogP contribution in [0.4, 0.5) is 0 Å². The first kappa shape index (κ1) is 6.85. The van der Waals surface area contributed by atoms with Crippen molar-refractivity contribution in [3.8, 4) is 0 Å². The zero-order chi connectivity index (χ0) is 6.69. The van der Waals surface area contributed by atoms with Crippen LogP contribution in [0, 0.1) is 0 Å². The summed E-state index contributed by atoms with van der Waals surface area (Å²) in [7, 11) is 0. The van der Waals surface area contributed by atoms with Crippen molar-refractivity contribution < 1.29 is 0 Å². The van der Waals surface area contributed by atoms with E-state index in [4.69, 9.17) is 0 Å². The standard InChI is InChI=1S/C9H16/c1-3-8(2)9-6-4-5-7-9/h3-7H2,1-2H3. The Morgan fingerprint density at radius 1 is 1.33 bits per heavy atom. The van der Waals surface area contributed by atoms with Gasteiger partial charge in [-0.3, -0.25) is 0 Å². The molecule has 9 heavy (non-hydrogen) atoms. The highest BCUT2D eigenvalue weighted by molar-refractivity contribution is 5.14. The maximum Gasteiger partial charge on any atom is -0.0318 e. The van der Waals surface area contributed by atoms with E-state index in [2.05, 4.69) is 13.8 Å². The summed E-state index contributed by atoms with van der Waals surface area (Å²) in [6, 6.07) is 0. The quantitative estimate of drug-likeness (QED) is 0.470. The molecule has 0 amide bonds. The van der Waals surface area contributed by atoms with E-state index in [-0.39, 0.29) is 0 Å². The lowest BCUT2D eigenvalue weighted by atomic mass is 10.1. The van der Waals surface area contributed by atoms with Crippen LogP contribution in [0.2, 0.25) is 0 Å². The van der Waals surface area contributed by atoms with Crippen LogP contribution in [-0.2, 0) is 0 Å². The molecule has 0 aliphatic heterocycles. The van der Waals surface area contributed by atoms with Gasteiger partial charge in [0.15, 0.2) is 0 Å². The summed E-state index contributed by atoms with van der Waals surface area (Å²) in [4.78, 5) is 0. The molecule has 1 rings (SSSR count). The fourth-order valence-corrected chi connectivity index (χ4v) is 1.48. The van der Waals surface area contributed by atoms with Crippen molar-refractivity contribution in [3.05, 3.63) is 11.1 Å². The lowest BCUT2D eigenvalue weighted by Crippen LogP contribution is -1.79. The molecule has 0 saturated heterocycles. The summed E-state index contributed by atoms with van der Waals surface area (Å²) >= 11 is 0. The summed E-state index contributed by atoms with van der Waals surface area (Å²) in [5, 5.41) is 0. The Bertz CT molecular complexity index is 112. The van der Waals surface area contributed by atoms with Crippen LogP contribution in [0.1, 0.15) is 46.0 Å². The highest BCUT2D eigenvalue weighted by Crippen LogP contribution is 2.27. The molecule has 1 saturated carbocycles. The number of hydrogen-bond acceptors (Lipinski definition) is 0. The molecule has 1 aliphatic rings. The zero-order valence-corrected chi connectivity index (χ0v) is 6.54. The highest BCUT2D eigenvalue weighted by atomic mass is 14.1. The first-order valence-corrected chi connectivity index (χ1v) is 4.02. The molecule has 0 heterocycles. The van der Waals surface area contributed by atoms with Gasteiger partial charge in [-0.2, -0.15) is 0 Å². The first-order valence-electron chi connectivity index (χ1n) is 4.02. The van der Waals surface area contributed by atoms with Crippen LogP contribution >= 0.6 is 0 Å². The molecule has 0 heteroatoms. The summed E-state index contributed by atoms with van der Waals surface area (Å²) in [6.07, 6.45) is 6.91. The molecule has 0 unspecified atom stereocenters. The molecule has 1 fully saturated rings. The minimum absolute atomic E-state index is 1.26. The molecule has 0 spiro atoms. The Morgan fingerprint density at radius 3 is 2.33 bits per heavy atom. The average molecular weight is 124 g/mol. The normalized spacial score (nSPS) is 18.7. The van der Waals surface area contributed by atoms with Crippen molar-refractivity contribution in [1.82, 2.24) is 0 Å². The molecule has 0 N–H and O–H groups in total. The van der Waals surface area contributed by atoms with Gasteiger partial charge in [-0.05, 0) is 39.0 Å². The van der Waals surface area contributed by atoms with Gasteiger partial charge in [0.25, 0.3) is 0 Å². The predicted molar refractivity (Wildman–Crippen MR) is 41.5 cm³/mol. The molecule has 0 aromatic heterocycles. The molecule has 52 valence electrons. The van der Waals surface area contributed by atoms with Crippen LogP contribution in [0.15, 0.2) is 11.1 Å². The average Bonchev–Trinajstić information content (AvgIpc) is 2.37. The van der Waals surface area contributed by atoms with Crippen LogP contribution < -0.4 is 0 Å². The monoisotopic (exact) mass is 124 g/mol. The highest BCUT2D eigenvalue weighted by Gasteiger charge is 2.07. The predicted octanol–water partition coefficient (Wildman–Crippen LogP) is 3.29. The number of rotatable bonds is 1. The third-order valence-electron chi connectivity index (χ3n) is 2.34. The van der Waals surface area contributed by atoms with Gasteiger partial charge in [-0.1, -0.05) is 18.1 Å². The number of hydrogen-bond donors (Lipinski definition) is 0. The summed E-state index contributed by atoms with van der Waals surface area (Å²) in [5.41, 5.74) is 3.39. The zero-order valence-electron chi connectivity index (χ0n) is 6.54. The second kappa shape index (κ2) is 3.05. The molecule has 0 aromatic carbocycles. The van der Waals surface area contributed by atoms with E-state index in [9.17, 15) is 0 Å². The minimum Gasteiger partial charge on any atom is -0.0744 e. The Morgan fingerprint density at radius 2 is 1.89 bits per heavy atom. The SMILES string of the molecule is CCC(C)=C1CCCC1. The second-order valence-electron chi connectivity index (χ2n) is 2.94. The van der Waals surface area contributed by atoms with Gasteiger partial charge in [0.05, 0.1) is 0 Å². The molecular weight excluding hydrogens is 108 g/mol. The maximum absolute atomic E-state index is 2.28. The lowest BCUT2D eigenvalue weighted by Gasteiger charge is -2.00. The van der Waals surface area contributed by atoms with E-state index in [1.165, 1.54) is 32.1 Å². The van der Waals surface area contributed by atoms with Crippen molar-refractivity contribution in [2.75, 3.05) is 0 Å². The summed E-state index contributed by atoms with van der Waals surface area (Å²) < 4.78 is 0. The summed E-state index contributed by atoms with van der Waals surface area (Å²) in [6.45, 7) is 4.53. The van der Waals surface area contributed by atoms with E-state index < -0.39 is 0 Å². The third kappa shape index (κ3) is 1.57. The maximum atomic E-state index is 2.28. The topological polar surface area (TPSA) is 0 Å². The van der Waals surface area contributed by atoms with Gasteiger partial charge >= 0.3 is 0 Å². The van der Waals surface area contributed by atoms with Gasteiger partial charge in [0.1, 0.15) is 0 Å². The smallest absolute Gasteiger partial charge is 0.0318 e. The van der Waals surface area contributed by atoms with E-state index in [1.54, 1.807) is 11.1 Å². The first-order chi connectivity index (χ1) is 4.34. The van der Waals surface area contributed by atoms with E-state index in [0.717, 1.165) is 0 Å². The van der Waals surface area contributed by atoms with Crippen LogP contribution in [0.3, 0.4) is 0 Å². The molecule has 0 nitrogen and oxygen atoms in total. The van der Waals surface area contributed by atoms with E-state index in [0.29, 0.717) is 0 Å². The Balaban J connectivity index is 2.55. The molecule has 0 aromatic rings. The molecular formula is C9H16. The van der Waals surface area contributed by atoms with Crippen LogP contribution in [0.5, 0.6) is 0 Å². The van der Waals surface area contributed by atoms with Crippen molar-refractivity contribution in [3.63, 3.8) is 0 Å². The molecule has 1 aliphatic carbocycles. The molecule has 0 bridgehead atoms. The Labute approximate surface area is 58.0 Å². The van der Waals surface area contributed by atoms with Gasteiger partial charge in [0.2, 0.25) is 0 Å². The van der Waals surface area contributed by atoms with Gasteiger partial charge in [0, 0.05) is 0 Å². The van der Waals surface area contributed by atoms with E-state index >= 15 is 0 Å². The Hall–Kier alpha value is -0.260. The van der Waals surface area contributed by atoms with Crippen molar-refractivity contribution in [2.24, 2.45) is 0 Å². The van der Waals surface area contributed by atoms with Gasteiger partial charge in [-0.15, -0.1) is 0 Å².